The minimum Gasteiger partial charge on any atom is -0.477 e. The number of aliphatic carboxylic acids is 1. The summed E-state index contributed by atoms with van der Waals surface area (Å²) in [7, 11) is 6.00. The van der Waals surface area contributed by atoms with E-state index in [4.69, 9.17) is 18.9 Å². The summed E-state index contributed by atoms with van der Waals surface area (Å²) in [5, 5.41) is 9.79. The van der Waals surface area contributed by atoms with Crippen LogP contribution in [-0.2, 0) is 33.3 Å². The zero-order valence-electron chi connectivity index (χ0n) is 65.8. The van der Waals surface area contributed by atoms with E-state index in [0.717, 1.165) is 44.9 Å². The number of allylic oxidation sites excluding steroid dienone is 6. The molecule has 0 aliphatic heterocycles. The van der Waals surface area contributed by atoms with Gasteiger partial charge in [0, 0.05) is 12.8 Å². The third kappa shape index (κ3) is 80.7. The molecular weight excluding hydrogens is 1200 g/mol. The summed E-state index contributed by atoms with van der Waals surface area (Å²) in [6.45, 7) is 4.95. The van der Waals surface area contributed by atoms with Gasteiger partial charge in [-0.1, -0.05) is 403 Å². The number of esters is 2. The Morgan fingerprint density at radius 1 is 0.309 bits per heavy atom. The summed E-state index contributed by atoms with van der Waals surface area (Å²) in [5.41, 5.74) is 0. The van der Waals surface area contributed by atoms with Crippen LogP contribution in [0.4, 0.5) is 0 Å². The number of carbonyl (C=O) groups is 3. The minimum atomic E-state index is -1.51. The molecule has 0 saturated heterocycles. The highest BCUT2D eigenvalue weighted by Crippen LogP contribution is 2.21. The molecule has 0 radical (unpaired) electrons. The van der Waals surface area contributed by atoms with E-state index in [2.05, 4.69) is 50.3 Å². The number of hydrogen-bond donors (Lipinski definition) is 1. The van der Waals surface area contributed by atoms with Crippen molar-refractivity contribution in [3.05, 3.63) is 36.5 Å². The van der Waals surface area contributed by atoms with E-state index in [0.29, 0.717) is 17.4 Å². The molecule has 0 fully saturated rings. The molecule has 0 aromatic heterocycles. The van der Waals surface area contributed by atoms with Crippen molar-refractivity contribution in [3.63, 3.8) is 0 Å². The van der Waals surface area contributed by atoms with Gasteiger partial charge in [-0.05, 0) is 70.6 Å². The van der Waals surface area contributed by atoms with E-state index < -0.39 is 18.4 Å². The van der Waals surface area contributed by atoms with Crippen molar-refractivity contribution in [1.29, 1.82) is 0 Å². The molecule has 0 amide bonds. The number of quaternary nitrogens is 1. The average Bonchev–Trinajstić information content (AvgIpc) is 3.74. The summed E-state index contributed by atoms with van der Waals surface area (Å²) in [6.07, 6.45) is 101. The molecule has 2 atom stereocenters. The van der Waals surface area contributed by atoms with Crippen LogP contribution in [0.5, 0.6) is 0 Å². The number of rotatable bonds is 82. The lowest BCUT2D eigenvalue weighted by atomic mass is 10.0. The van der Waals surface area contributed by atoms with Crippen LogP contribution >= 0.6 is 0 Å². The number of carboxylic acid groups (broad SMARTS) is 1. The smallest absolute Gasteiger partial charge is 0.361 e. The predicted octanol–water partition coefficient (Wildman–Crippen LogP) is 27.8. The lowest BCUT2D eigenvalue weighted by molar-refractivity contribution is -0.870. The Bertz CT molecular complexity index is 1690. The summed E-state index contributed by atoms with van der Waals surface area (Å²) in [5.74, 6) is -1.97. The summed E-state index contributed by atoms with van der Waals surface area (Å²) < 4.78 is 23.1. The van der Waals surface area contributed by atoms with Gasteiger partial charge in [0.25, 0.3) is 6.29 Å². The summed E-state index contributed by atoms with van der Waals surface area (Å²) in [6, 6.07) is 0. The highest BCUT2D eigenvalue weighted by atomic mass is 16.7. The normalized spacial score (nSPS) is 12.7. The Labute approximate surface area is 604 Å². The maximum Gasteiger partial charge on any atom is 0.361 e. The molecule has 0 heterocycles. The standard InChI is InChI=1S/C88H167NO8/c1-6-8-10-12-14-16-18-20-22-24-26-28-30-32-34-36-38-40-42-43-45-46-48-50-52-54-56-58-60-62-64-66-68-70-72-74-76-78-85(90)95-82-84(83-96-88(87(92)93)94-81-80-89(3,4)5)97-86(91)79-77-75-73-71-69-67-65-63-61-59-57-55-53-51-49-47-44-41-39-37-35-33-31-29-27-25-23-21-19-17-15-13-11-9-7-2/h19,21,24-27,84,88H,6-18,20,22-23,28-83H2,1-5H3/p+1/b21-19-,26-24-,27-25-. The van der Waals surface area contributed by atoms with E-state index in [1.54, 1.807) is 0 Å². The molecule has 9 heteroatoms. The van der Waals surface area contributed by atoms with Crippen LogP contribution in [0, 0.1) is 0 Å². The van der Waals surface area contributed by atoms with Gasteiger partial charge in [-0.2, -0.15) is 0 Å². The van der Waals surface area contributed by atoms with Crippen molar-refractivity contribution in [2.45, 2.75) is 463 Å². The molecule has 2 unspecified atom stereocenters. The first-order chi connectivity index (χ1) is 47.6. The van der Waals surface area contributed by atoms with Gasteiger partial charge in [-0.3, -0.25) is 9.59 Å². The molecular formula is C88H168NO8+. The second-order valence-electron chi connectivity index (χ2n) is 30.8. The van der Waals surface area contributed by atoms with Crippen LogP contribution in [0.25, 0.3) is 0 Å². The van der Waals surface area contributed by atoms with Crippen LogP contribution < -0.4 is 0 Å². The monoisotopic (exact) mass is 1370 g/mol. The molecule has 9 nitrogen and oxygen atoms in total. The SMILES string of the molecule is CCCCCCC/C=C\C/C=C\CCCCCCCCCCCCCCCCCCCCCCCCCC(=O)OC(COC(=O)CCCCCCCCCCCCCCCCCCCCCCCCCCC/C=C\CCCCCCCCCC)COC(OCC[N+](C)(C)C)C(=O)O. The van der Waals surface area contributed by atoms with Gasteiger partial charge in [0.05, 0.1) is 34.4 Å². The molecule has 0 spiro atoms. The van der Waals surface area contributed by atoms with Crippen LogP contribution in [0.2, 0.25) is 0 Å². The fourth-order valence-electron chi connectivity index (χ4n) is 13.3. The number of nitrogens with zero attached hydrogens (tertiary/aromatic N) is 1. The Morgan fingerprint density at radius 2 is 0.557 bits per heavy atom. The van der Waals surface area contributed by atoms with Crippen molar-refractivity contribution < 1.29 is 42.9 Å². The Kier molecular flexibility index (Phi) is 77.2. The van der Waals surface area contributed by atoms with Gasteiger partial charge < -0.3 is 28.5 Å². The number of unbranched alkanes of at least 4 members (excludes halogenated alkanes) is 61. The van der Waals surface area contributed by atoms with Crippen molar-refractivity contribution >= 4 is 17.9 Å². The molecule has 0 bridgehead atoms. The fraction of sp³-hybridized carbons (Fsp3) is 0.898. The Hall–Kier alpha value is -2.49. The third-order valence-corrected chi connectivity index (χ3v) is 19.9. The van der Waals surface area contributed by atoms with Crippen LogP contribution in [-0.4, -0.2) is 87.4 Å². The number of likely N-dealkylation sites (N-methyl/N-ethyl adjacent to an activating group) is 1. The van der Waals surface area contributed by atoms with E-state index in [-0.39, 0.29) is 38.2 Å². The van der Waals surface area contributed by atoms with Gasteiger partial charge in [-0.25, -0.2) is 4.79 Å². The van der Waals surface area contributed by atoms with E-state index in [1.807, 2.05) is 21.1 Å². The number of carbonyl (C=O) groups excluding carboxylic acids is 2. The lowest BCUT2D eigenvalue weighted by Gasteiger charge is -2.25. The van der Waals surface area contributed by atoms with Gasteiger partial charge in [0.1, 0.15) is 13.2 Å². The van der Waals surface area contributed by atoms with Crippen molar-refractivity contribution in [3.8, 4) is 0 Å². The maximum absolute atomic E-state index is 13.0. The van der Waals surface area contributed by atoms with E-state index in [9.17, 15) is 19.5 Å². The molecule has 0 aromatic rings. The highest BCUT2D eigenvalue weighted by molar-refractivity contribution is 5.71. The zero-order chi connectivity index (χ0) is 70.4. The quantitative estimate of drug-likeness (QED) is 0.0211. The molecule has 0 aromatic carbocycles. The number of hydrogen-bond acceptors (Lipinski definition) is 7. The minimum absolute atomic E-state index is 0.174. The Morgan fingerprint density at radius 3 is 0.825 bits per heavy atom. The molecule has 572 valence electrons. The third-order valence-electron chi connectivity index (χ3n) is 19.9. The first kappa shape index (κ1) is 94.5. The molecule has 1 N–H and O–H groups in total. The molecule has 0 saturated carbocycles. The van der Waals surface area contributed by atoms with Crippen LogP contribution in [0.3, 0.4) is 0 Å². The van der Waals surface area contributed by atoms with Gasteiger partial charge >= 0.3 is 17.9 Å². The zero-order valence-corrected chi connectivity index (χ0v) is 65.8. The highest BCUT2D eigenvalue weighted by Gasteiger charge is 2.25. The number of carboxylic acids is 1. The Balaban J connectivity index is 3.92. The van der Waals surface area contributed by atoms with Crippen molar-refractivity contribution in [1.82, 2.24) is 0 Å². The molecule has 97 heavy (non-hydrogen) atoms. The molecule has 0 rings (SSSR count). The summed E-state index contributed by atoms with van der Waals surface area (Å²) in [4.78, 5) is 37.8. The largest absolute Gasteiger partial charge is 0.477 e. The second kappa shape index (κ2) is 79.2. The summed E-state index contributed by atoms with van der Waals surface area (Å²) >= 11 is 0. The predicted molar refractivity (Wildman–Crippen MR) is 420 cm³/mol. The van der Waals surface area contributed by atoms with Gasteiger partial charge in [0.15, 0.2) is 6.10 Å². The number of ether oxygens (including phenoxy) is 4. The van der Waals surface area contributed by atoms with Gasteiger partial charge in [0.2, 0.25) is 0 Å². The maximum atomic E-state index is 13.0. The topological polar surface area (TPSA) is 108 Å². The first-order valence-electron chi connectivity index (χ1n) is 43.2. The van der Waals surface area contributed by atoms with E-state index in [1.165, 1.54) is 379 Å². The van der Waals surface area contributed by atoms with Crippen LogP contribution in [0.15, 0.2) is 36.5 Å². The first-order valence-corrected chi connectivity index (χ1v) is 43.2. The van der Waals surface area contributed by atoms with Crippen molar-refractivity contribution in [2.24, 2.45) is 0 Å². The average molecular weight is 1370 g/mol. The van der Waals surface area contributed by atoms with Gasteiger partial charge in [-0.15, -0.1) is 0 Å². The molecule has 0 aliphatic carbocycles. The van der Waals surface area contributed by atoms with E-state index >= 15 is 0 Å². The lowest BCUT2D eigenvalue weighted by Crippen LogP contribution is -2.40. The second-order valence-corrected chi connectivity index (χ2v) is 30.8. The van der Waals surface area contributed by atoms with Crippen molar-refractivity contribution in [2.75, 3.05) is 47.5 Å². The fourth-order valence-corrected chi connectivity index (χ4v) is 13.3. The molecule has 0 aliphatic rings. The van der Waals surface area contributed by atoms with Crippen LogP contribution in [0.1, 0.15) is 450 Å².